The van der Waals surface area contributed by atoms with Crippen molar-refractivity contribution in [1.29, 1.82) is 0 Å². The molecular formula is C15H19ClN2O2. The molecule has 0 aromatic heterocycles. The number of amides is 2. The van der Waals surface area contributed by atoms with Crippen LogP contribution in [0, 0.1) is 0 Å². The molecule has 1 aromatic rings. The van der Waals surface area contributed by atoms with Crippen molar-refractivity contribution < 1.29 is 9.59 Å². The number of carbonyl (C=O) groups is 2. The van der Waals surface area contributed by atoms with Crippen LogP contribution in [0.3, 0.4) is 0 Å². The number of rotatable bonds is 6. The van der Waals surface area contributed by atoms with Crippen LogP contribution in [-0.4, -0.2) is 47.1 Å². The van der Waals surface area contributed by atoms with Crippen LogP contribution in [0.2, 0.25) is 0 Å². The lowest BCUT2D eigenvalue weighted by molar-refractivity contribution is -0.150. The van der Waals surface area contributed by atoms with E-state index in [1.807, 2.05) is 30.3 Å². The second-order valence-electron chi connectivity index (χ2n) is 4.95. The highest BCUT2D eigenvalue weighted by atomic mass is 35.5. The zero-order chi connectivity index (χ0) is 14.4. The van der Waals surface area contributed by atoms with Gasteiger partial charge in [0, 0.05) is 19.0 Å². The minimum Gasteiger partial charge on any atom is -0.332 e. The molecule has 0 atom stereocenters. The van der Waals surface area contributed by atoms with Gasteiger partial charge in [-0.2, -0.15) is 0 Å². The monoisotopic (exact) mass is 294 g/mol. The molecular weight excluding hydrogens is 276 g/mol. The second kappa shape index (κ2) is 7.29. The summed E-state index contributed by atoms with van der Waals surface area (Å²) in [6, 6.07) is 9.73. The molecule has 0 saturated carbocycles. The van der Waals surface area contributed by atoms with Crippen LogP contribution in [0.5, 0.6) is 0 Å². The molecule has 2 amide bonds. The quantitative estimate of drug-likeness (QED) is 0.594. The highest BCUT2D eigenvalue weighted by molar-refractivity contribution is 6.17. The molecule has 0 N–H and O–H groups in total. The molecule has 0 unspecified atom stereocenters. The number of hydrogen-bond donors (Lipinski definition) is 0. The van der Waals surface area contributed by atoms with E-state index in [1.165, 1.54) is 0 Å². The average Bonchev–Trinajstić information content (AvgIpc) is 2.45. The third-order valence-electron chi connectivity index (χ3n) is 3.39. The molecule has 108 valence electrons. The van der Waals surface area contributed by atoms with E-state index >= 15 is 0 Å². The third kappa shape index (κ3) is 3.97. The lowest BCUT2D eigenvalue weighted by atomic mass is 10.2. The van der Waals surface area contributed by atoms with Crippen LogP contribution in [0.25, 0.3) is 0 Å². The number of hydrogen-bond acceptors (Lipinski definition) is 2. The van der Waals surface area contributed by atoms with Crippen molar-refractivity contribution in [3.05, 3.63) is 35.9 Å². The first-order chi connectivity index (χ1) is 9.70. The molecule has 1 saturated heterocycles. The van der Waals surface area contributed by atoms with Gasteiger partial charge in [-0.25, -0.2) is 0 Å². The first kappa shape index (κ1) is 14.9. The van der Waals surface area contributed by atoms with Gasteiger partial charge in [-0.05, 0) is 18.4 Å². The van der Waals surface area contributed by atoms with E-state index in [0.717, 1.165) is 18.4 Å². The van der Waals surface area contributed by atoms with E-state index in [2.05, 4.69) is 0 Å². The molecule has 1 aliphatic heterocycles. The number of benzene rings is 1. The highest BCUT2D eigenvalue weighted by Crippen LogP contribution is 2.11. The van der Waals surface area contributed by atoms with Gasteiger partial charge in [0.05, 0.1) is 6.54 Å². The molecule has 1 heterocycles. The Kier molecular flexibility index (Phi) is 5.41. The van der Waals surface area contributed by atoms with Gasteiger partial charge in [-0.15, -0.1) is 11.6 Å². The minimum atomic E-state index is 0.0133. The molecule has 0 bridgehead atoms. The Morgan fingerprint density at radius 1 is 0.950 bits per heavy atom. The molecule has 4 nitrogen and oxygen atoms in total. The van der Waals surface area contributed by atoms with E-state index < -0.39 is 0 Å². The lowest BCUT2D eigenvalue weighted by Gasteiger charge is -2.34. The SMILES string of the molecule is O=C1CN(Cc2ccccc2)C(=O)CN1CCCCCl. The van der Waals surface area contributed by atoms with Crippen LogP contribution >= 0.6 is 11.6 Å². The standard InChI is InChI=1S/C15H19ClN2O2/c16-8-4-5-9-17-11-15(20)18(12-14(17)19)10-13-6-2-1-3-7-13/h1-3,6-7H,4-5,8-12H2. The number of unbranched alkanes of at least 4 members (excludes halogenated alkanes) is 1. The fourth-order valence-corrected chi connectivity index (χ4v) is 2.44. The van der Waals surface area contributed by atoms with Gasteiger partial charge in [0.25, 0.3) is 0 Å². The molecule has 0 radical (unpaired) electrons. The predicted molar refractivity (Wildman–Crippen MR) is 78.4 cm³/mol. The number of alkyl halides is 1. The molecule has 20 heavy (non-hydrogen) atoms. The van der Waals surface area contributed by atoms with Gasteiger partial charge in [-0.1, -0.05) is 30.3 Å². The summed E-state index contributed by atoms with van der Waals surface area (Å²) in [5.41, 5.74) is 1.05. The Bertz CT molecular complexity index is 464. The number of carbonyl (C=O) groups excluding carboxylic acids is 2. The van der Waals surface area contributed by atoms with E-state index in [4.69, 9.17) is 11.6 Å². The van der Waals surface area contributed by atoms with Crippen LogP contribution in [0.4, 0.5) is 0 Å². The van der Waals surface area contributed by atoms with Gasteiger partial charge in [0.1, 0.15) is 6.54 Å². The summed E-state index contributed by atoms with van der Waals surface area (Å²) >= 11 is 5.62. The molecule has 1 aromatic carbocycles. The Labute approximate surface area is 124 Å². The van der Waals surface area contributed by atoms with Crippen molar-refractivity contribution in [2.75, 3.05) is 25.5 Å². The smallest absolute Gasteiger partial charge is 0.242 e. The fraction of sp³-hybridized carbons (Fsp3) is 0.467. The summed E-state index contributed by atoms with van der Waals surface area (Å²) in [4.78, 5) is 27.4. The van der Waals surface area contributed by atoms with Gasteiger partial charge >= 0.3 is 0 Å². The maximum Gasteiger partial charge on any atom is 0.242 e. The van der Waals surface area contributed by atoms with Gasteiger partial charge in [0.2, 0.25) is 11.8 Å². The average molecular weight is 295 g/mol. The summed E-state index contributed by atoms with van der Waals surface area (Å²) in [6.45, 7) is 1.49. The van der Waals surface area contributed by atoms with Crippen molar-refractivity contribution >= 4 is 23.4 Å². The molecule has 0 spiro atoms. The summed E-state index contributed by atoms with van der Waals surface area (Å²) in [5, 5.41) is 0. The normalized spacial score (nSPS) is 15.8. The zero-order valence-corrected chi connectivity index (χ0v) is 12.2. The predicted octanol–water partition coefficient (Wildman–Crippen LogP) is 1.88. The van der Waals surface area contributed by atoms with Crippen molar-refractivity contribution in [1.82, 2.24) is 9.80 Å². The van der Waals surface area contributed by atoms with Crippen LogP contribution in [0.15, 0.2) is 30.3 Å². The maximum absolute atomic E-state index is 12.1. The molecule has 5 heteroatoms. The molecule has 1 fully saturated rings. The fourth-order valence-electron chi connectivity index (χ4n) is 2.25. The lowest BCUT2D eigenvalue weighted by Crippen LogP contribution is -2.53. The highest BCUT2D eigenvalue weighted by Gasteiger charge is 2.29. The van der Waals surface area contributed by atoms with Gasteiger partial charge in [0.15, 0.2) is 0 Å². The number of nitrogens with zero attached hydrogens (tertiary/aromatic N) is 2. The maximum atomic E-state index is 12.1. The van der Waals surface area contributed by atoms with E-state index in [0.29, 0.717) is 19.0 Å². The van der Waals surface area contributed by atoms with Crippen molar-refractivity contribution in [3.8, 4) is 0 Å². The Morgan fingerprint density at radius 2 is 1.60 bits per heavy atom. The summed E-state index contributed by atoms with van der Waals surface area (Å²) < 4.78 is 0. The van der Waals surface area contributed by atoms with E-state index in [1.54, 1.807) is 9.80 Å². The third-order valence-corrected chi connectivity index (χ3v) is 3.65. The van der Waals surface area contributed by atoms with Gasteiger partial charge in [-0.3, -0.25) is 9.59 Å². The second-order valence-corrected chi connectivity index (χ2v) is 5.32. The summed E-state index contributed by atoms with van der Waals surface area (Å²) in [5.74, 6) is 0.630. The first-order valence-corrected chi connectivity index (χ1v) is 7.39. The van der Waals surface area contributed by atoms with Crippen LogP contribution < -0.4 is 0 Å². The molecule has 0 aliphatic carbocycles. The molecule has 2 rings (SSSR count). The summed E-state index contributed by atoms with van der Waals surface area (Å²) in [7, 11) is 0. The Hall–Kier alpha value is -1.55. The van der Waals surface area contributed by atoms with Crippen LogP contribution in [-0.2, 0) is 16.1 Å². The largest absolute Gasteiger partial charge is 0.332 e. The minimum absolute atomic E-state index is 0.0133. The molecule has 1 aliphatic rings. The number of piperazine rings is 1. The topological polar surface area (TPSA) is 40.6 Å². The van der Waals surface area contributed by atoms with Gasteiger partial charge < -0.3 is 9.80 Å². The summed E-state index contributed by atoms with van der Waals surface area (Å²) in [6.07, 6.45) is 1.72. The Morgan fingerprint density at radius 3 is 2.30 bits per heavy atom. The van der Waals surface area contributed by atoms with E-state index in [-0.39, 0.29) is 24.9 Å². The zero-order valence-electron chi connectivity index (χ0n) is 11.4. The van der Waals surface area contributed by atoms with Crippen LogP contribution in [0.1, 0.15) is 18.4 Å². The Balaban J connectivity index is 1.89. The first-order valence-electron chi connectivity index (χ1n) is 6.86. The van der Waals surface area contributed by atoms with Crippen molar-refractivity contribution in [2.45, 2.75) is 19.4 Å². The van der Waals surface area contributed by atoms with E-state index in [9.17, 15) is 9.59 Å². The van der Waals surface area contributed by atoms with Crippen molar-refractivity contribution in [2.24, 2.45) is 0 Å². The van der Waals surface area contributed by atoms with Crippen molar-refractivity contribution in [3.63, 3.8) is 0 Å². The number of halogens is 1.